The fourth-order valence-electron chi connectivity index (χ4n) is 1.14. The smallest absolute Gasteiger partial charge is 0.255 e. The number of aromatic hydroxyl groups is 1. The number of rotatable bonds is 1. The summed E-state index contributed by atoms with van der Waals surface area (Å²) in [6, 6.07) is 1.01. The van der Waals surface area contributed by atoms with Crippen molar-refractivity contribution in [2.24, 2.45) is 7.05 Å². The van der Waals surface area contributed by atoms with Crippen LogP contribution in [0.4, 0.5) is 0 Å². The molecule has 0 aromatic carbocycles. The Hall–Kier alpha value is -2.11. The third-order valence-corrected chi connectivity index (χ3v) is 1.76. The van der Waals surface area contributed by atoms with Crippen LogP contribution in [0.5, 0.6) is 5.88 Å². The first kappa shape index (κ1) is 8.49. The van der Waals surface area contributed by atoms with Crippen molar-refractivity contribution in [3.63, 3.8) is 0 Å². The molecule has 6 nitrogen and oxygen atoms in total. The second-order valence-electron chi connectivity index (χ2n) is 2.81. The summed E-state index contributed by atoms with van der Waals surface area (Å²) in [7, 11) is 1.77. The minimum absolute atomic E-state index is 0.252. The number of nitrogens with zero attached hydrogens (tertiary/aromatic N) is 3. The molecule has 2 heterocycles. The Labute approximate surface area is 78.9 Å². The molecule has 0 amide bonds. The van der Waals surface area contributed by atoms with Crippen LogP contribution in [0.15, 0.2) is 23.3 Å². The van der Waals surface area contributed by atoms with Crippen LogP contribution in [0.1, 0.15) is 0 Å². The van der Waals surface area contributed by atoms with E-state index in [4.69, 9.17) is 5.11 Å². The molecular formula is C8H8N4O2. The molecule has 2 N–H and O–H groups in total. The van der Waals surface area contributed by atoms with Crippen LogP contribution in [0.2, 0.25) is 0 Å². The van der Waals surface area contributed by atoms with Crippen LogP contribution in [0, 0.1) is 0 Å². The Morgan fingerprint density at radius 2 is 2.36 bits per heavy atom. The van der Waals surface area contributed by atoms with Crippen LogP contribution in [-0.2, 0) is 7.05 Å². The minimum atomic E-state index is -0.407. The van der Waals surface area contributed by atoms with E-state index in [0.29, 0.717) is 5.82 Å². The van der Waals surface area contributed by atoms with Gasteiger partial charge in [-0.1, -0.05) is 0 Å². The Morgan fingerprint density at radius 1 is 1.57 bits per heavy atom. The van der Waals surface area contributed by atoms with Gasteiger partial charge in [0.25, 0.3) is 5.56 Å². The average molecular weight is 192 g/mol. The van der Waals surface area contributed by atoms with Gasteiger partial charge in [-0.3, -0.25) is 4.79 Å². The molecule has 2 aromatic rings. The molecule has 0 aliphatic heterocycles. The zero-order chi connectivity index (χ0) is 10.1. The number of hydrogen-bond donors (Lipinski definition) is 2. The van der Waals surface area contributed by atoms with Crippen molar-refractivity contribution in [2.75, 3.05) is 0 Å². The predicted molar refractivity (Wildman–Crippen MR) is 48.7 cm³/mol. The number of aryl methyl sites for hydroxylation is 1. The van der Waals surface area contributed by atoms with E-state index in [1.807, 2.05) is 0 Å². The maximum Gasteiger partial charge on any atom is 0.255 e. The number of aromatic nitrogens is 4. The highest BCUT2D eigenvalue weighted by Crippen LogP contribution is 2.11. The zero-order valence-electron chi connectivity index (χ0n) is 7.43. The molecule has 0 fully saturated rings. The average Bonchev–Trinajstić information content (AvgIpc) is 2.49. The number of hydrogen-bond acceptors (Lipinski definition) is 4. The Bertz CT molecular complexity index is 514. The van der Waals surface area contributed by atoms with Gasteiger partial charge in [-0.15, -0.1) is 0 Å². The molecule has 6 heteroatoms. The van der Waals surface area contributed by atoms with Gasteiger partial charge in [0.05, 0.1) is 6.07 Å². The van der Waals surface area contributed by atoms with Gasteiger partial charge in [0.1, 0.15) is 0 Å². The van der Waals surface area contributed by atoms with Gasteiger partial charge < -0.3 is 14.7 Å². The van der Waals surface area contributed by atoms with Crippen molar-refractivity contribution in [1.29, 1.82) is 0 Å². The van der Waals surface area contributed by atoms with Crippen LogP contribution < -0.4 is 5.56 Å². The molecule has 14 heavy (non-hydrogen) atoms. The van der Waals surface area contributed by atoms with E-state index < -0.39 is 5.56 Å². The maximum absolute atomic E-state index is 11.0. The molecule has 0 radical (unpaired) electrons. The zero-order valence-corrected chi connectivity index (χ0v) is 7.43. The predicted octanol–water partition coefficient (Wildman–Crippen LogP) is -0.124. The normalized spacial score (nSPS) is 10.4. The third kappa shape index (κ3) is 1.37. The number of aromatic amines is 1. The number of H-pyrrole nitrogens is 1. The SMILES string of the molecule is Cn1ccnc1-c1nc(O)cc(=O)[nH]1. The van der Waals surface area contributed by atoms with E-state index in [-0.39, 0.29) is 11.7 Å². The quantitative estimate of drug-likeness (QED) is 0.659. The van der Waals surface area contributed by atoms with E-state index >= 15 is 0 Å². The first-order valence-corrected chi connectivity index (χ1v) is 3.95. The van der Waals surface area contributed by atoms with Gasteiger partial charge in [0, 0.05) is 19.4 Å². The van der Waals surface area contributed by atoms with Crippen LogP contribution in [0.3, 0.4) is 0 Å². The number of imidazole rings is 1. The molecule has 0 aliphatic rings. The van der Waals surface area contributed by atoms with Crippen molar-refractivity contribution in [3.05, 3.63) is 28.8 Å². The summed E-state index contributed by atoms with van der Waals surface area (Å²) in [5, 5.41) is 9.12. The fraction of sp³-hybridized carbons (Fsp3) is 0.125. The molecule has 0 saturated carbocycles. The van der Waals surface area contributed by atoms with Gasteiger partial charge in [-0.25, -0.2) is 4.98 Å². The first-order chi connectivity index (χ1) is 6.66. The van der Waals surface area contributed by atoms with Crippen molar-refractivity contribution < 1.29 is 5.11 Å². The summed E-state index contributed by atoms with van der Waals surface area (Å²) in [5.41, 5.74) is -0.407. The van der Waals surface area contributed by atoms with E-state index in [1.165, 1.54) is 0 Å². The standard InChI is InChI=1S/C8H8N4O2/c1-12-3-2-9-8(12)7-10-5(13)4-6(14)11-7/h2-4H,1H3,(H2,10,11,13,14). The van der Waals surface area contributed by atoms with Crippen molar-refractivity contribution in [3.8, 4) is 17.5 Å². The molecule has 0 aliphatic carbocycles. The maximum atomic E-state index is 11.0. The summed E-state index contributed by atoms with van der Waals surface area (Å²) in [6.07, 6.45) is 3.30. The first-order valence-electron chi connectivity index (χ1n) is 3.95. The van der Waals surface area contributed by atoms with E-state index in [9.17, 15) is 4.79 Å². The minimum Gasteiger partial charge on any atom is -0.493 e. The van der Waals surface area contributed by atoms with Gasteiger partial charge in [-0.2, -0.15) is 4.98 Å². The van der Waals surface area contributed by atoms with Crippen LogP contribution in [0.25, 0.3) is 11.6 Å². The Balaban J connectivity index is 2.63. The molecule has 2 aromatic heterocycles. The second-order valence-corrected chi connectivity index (χ2v) is 2.81. The lowest BCUT2D eigenvalue weighted by Crippen LogP contribution is -2.08. The van der Waals surface area contributed by atoms with Crippen LogP contribution >= 0.6 is 0 Å². The molecule has 0 atom stereocenters. The lowest BCUT2D eigenvalue weighted by molar-refractivity contribution is 0.451. The molecule has 0 unspecified atom stereocenters. The topological polar surface area (TPSA) is 83.8 Å². The summed E-state index contributed by atoms with van der Waals surface area (Å²) in [6.45, 7) is 0. The van der Waals surface area contributed by atoms with Gasteiger partial charge in [0.15, 0.2) is 11.6 Å². The largest absolute Gasteiger partial charge is 0.493 e. The third-order valence-electron chi connectivity index (χ3n) is 1.76. The van der Waals surface area contributed by atoms with Crippen molar-refractivity contribution in [2.45, 2.75) is 0 Å². The highest BCUT2D eigenvalue weighted by atomic mass is 16.3. The van der Waals surface area contributed by atoms with E-state index in [1.54, 1.807) is 24.0 Å². The molecule has 0 bridgehead atoms. The highest BCUT2D eigenvalue weighted by molar-refractivity contribution is 5.43. The molecular weight excluding hydrogens is 184 g/mol. The lowest BCUT2D eigenvalue weighted by atomic mass is 10.5. The van der Waals surface area contributed by atoms with Gasteiger partial charge in [-0.05, 0) is 0 Å². The van der Waals surface area contributed by atoms with Gasteiger partial charge >= 0.3 is 0 Å². The molecule has 72 valence electrons. The summed E-state index contributed by atoms with van der Waals surface area (Å²) >= 11 is 0. The summed E-state index contributed by atoms with van der Waals surface area (Å²) in [4.78, 5) is 21.2. The Kier molecular flexibility index (Phi) is 1.81. The molecule has 2 rings (SSSR count). The molecule has 0 spiro atoms. The van der Waals surface area contributed by atoms with Crippen molar-refractivity contribution >= 4 is 0 Å². The summed E-state index contributed by atoms with van der Waals surface area (Å²) in [5.74, 6) is 0.437. The van der Waals surface area contributed by atoms with E-state index in [2.05, 4.69) is 15.0 Å². The second kappa shape index (κ2) is 2.99. The van der Waals surface area contributed by atoms with E-state index in [0.717, 1.165) is 6.07 Å². The lowest BCUT2D eigenvalue weighted by Gasteiger charge is -2.00. The van der Waals surface area contributed by atoms with Gasteiger partial charge in [0.2, 0.25) is 5.88 Å². The fourth-order valence-corrected chi connectivity index (χ4v) is 1.14. The van der Waals surface area contributed by atoms with Crippen molar-refractivity contribution in [1.82, 2.24) is 19.5 Å². The highest BCUT2D eigenvalue weighted by Gasteiger charge is 2.07. The molecule has 0 saturated heterocycles. The summed E-state index contributed by atoms with van der Waals surface area (Å²) < 4.78 is 1.69. The van der Waals surface area contributed by atoms with Crippen LogP contribution in [-0.4, -0.2) is 24.6 Å². The number of nitrogens with one attached hydrogen (secondary N) is 1. The monoisotopic (exact) mass is 192 g/mol. The Morgan fingerprint density at radius 3 is 2.93 bits per heavy atom.